The Labute approximate surface area is 283 Å². The van der Waals surface area contributed by atoms with E-state index >= 15 is 0 Å². The Morgan fingerprint density at radius 2 is 1.60 bits per heavy atom. The van der Waals surface area contributed by atoms with Gasteiger partial charge in [0.1, 0.15) is 17.9 Å². The maximum Gasteiger partial charge on any atom is 0.258 e. The number of aromatic nitrogens is 1. The second-order valence-electron chi connectivity index (χ2n) is 13.7. The van der Waals surface area contributed by atoms with E-state index in [0.29, 0.717) is 12.2 Å². The first-order valence-electron chi connectivity index (χ1n) is 16.3. The number of nitrogens with one attached hydrogen (secondary N) is 3. The van der Waals surface area contributed by atoms with E-state index in [9.17, 15) is 22.8 Å². The number of nitrogens with zero attached hydrogens (tertiary/aromatic N) is 1. The van der Waals surface area contributed by atoms with Crippen molar-refractivity contribution in [1.82, 2.24) is 20.9 Å². The van der Waals surface area contributed by atoms with Crippen LogP contribution < -0.4 is 20.7 Å². The van der Waals surface area contributed by atoms with Gasteiger partial charge in [0.05, 0.1) is 23.3 Å². The molecule has 4 rings (SSSR count). The van der Waals surface area contributed by atoms with Crippen LogP contribution in [0.25, 0.3) is 10.8 Å². The first-order valence-corrected chi connectivity index (χ1v) is 18.2. The highest BCUT2D eigenvalue weighted by Crippen LogP contribution is 2.31. The molecule has 2 heterocycles. The number of hydrogen-bond acceptors (Lipinski definition) is 8. The van der Waals surface area contributed by atoms with E-state index in [0.717, 1.165) is 22.6 Å². The molecule has 260 valence electrons. The maximum atomic E-state index is 14.0. The Hall–Kier alpha value is -4.03. The molecule has 4 atom stereocenters. The molecule has 1 fully saturated rings. The zero-order valence-corrected chi connectivity index (χ0v) is 29.5. The highest BCUT2D eigenvalue weighted by atomic mass is 32.2. The highest BCUT2D eigenvalue weighted by molar-refractivity contribution is 7.92. The van der Waals surface area contributed by atoms with Gasteiger partial charge in [0.25, 0.3) is 5.91 Å². The fourth-order valence-corrected chi connectivity index (χ4v) is 6.52. The van der Waals surface area contributed by atoms with Gasteiger partial charge in [-0.15, -0.1) is 0 Å². The molecule has 1 aromatic heterocycles. The summed E-state index contributed by atoms with van der Waals surface area (Å²) in [7, 11) is -3.85. The molecule has 0 spiro atoms. The molecule has 0 radical (unpaired) electrons. The van der Waals surface area contributed by atoms with Crippen LogP contribution in [0.3, 0.4) is 0 Å². The monoisotopic (exact) mass is 680 g/mol. The molecular formula is C36H48N4O7S. The van der Waals surface area contributed by atoms with Gasteiger partial charge in [0.2, 0.25) is 11.8 Å². The lowest BCUT2D eigenvalue weighted by Gasteiger charge is -2.33. The molecule has 1 aliphatic heterocycles. The molecule has 0 saturated carbocycles. The van der Waals surface area contributed by atoms with E-state index in [1.807, 2.05) is 36.4 Å². The molecule has 1 saturated heterocycles. The Balaban J connectivity index is 1.50. The molecule has 3 aromatic rings. The van der Waals surface area contributed by atoms with Crippen molar-refractivity contribution in [3.63, 3.8) is 0 Å². The van der Waals surface area contributed by atoms with Gasteiger partial charge in [-0.05, 0) is 49.8 Å². The van der Waals surface area contributed by atoms with Gasteiger partial charge >= 0.3 is 0 Å². The molecule has 48 heavy (non-hydrogen) atoms. The lowest BCUT2D eigenvalue weighted by molar-refractivity contribution is -0.131. The van der Waals surface area contributed by atoms with Gasteiger partial charge in [-0.3, -0.25) is 19.4 Å². The smallest absolute Gasteiger partial charge is 0.258 e. The van der Waals surface area contributed by atoms with Crippen LogP contribution in [0.1, 0.15) is 53.5 Å². The first-order chi connectivity index (χ1) is 22.6. The molecule has 12 heteroatoms. The lowest BCUT2D eigenvalue weighted by atomic mass is 9.93. The fourth-order valence-electron chi connectivity index (χ4n) is 5.92. The number of pyridine rings is 1. The quantitative estimate of drug-likeness (QED) is 0.194. The summed E-state index contributed by atoms with van der Waals surface area (Å²) in [5.74, 6) is -0.519. The average Bonchev–Trinajstić information content (AvgIpc) is 3.79. The van der Waals surface area contributed by atoms with Crippen LogP contribution in [0, 0.1) is 11.8 Å². The van der Waals surface area contributed by atoms with Crippen LogP contribution in [-0.4, -0.2) is 79.1 Å². The van der Waals surface area contributed by atoms with E-state index in [1.165, 1.54) is 13.8 Å². The third-order valence-corrected chi connectivity index (χ3v) is 11.2. The van der Waals surface area contributed by atoms with E-state index in [2.05, 4.69) is 48.6 Å². The molecule has 1 aliphatic rings. The summed E-state index contributed by atoms with van der Waals surface area (Å²) in [6, 6.07) is 14.6. The molecule has 0 aliphatic carbocycles. The van der Waals surface area contributed by atoms with Gasteiger partial charge in [0, 0.05) is 35.5 Å². The number of carbonyl (C=O) groups is 3. The largest absolute Gasteiger partial charge is 0.483 e. The molecule has 0 unspecified atom stereocenters. The lowest BCUT2D eigenvalue weighted by Crippen LogP contribution is -2.62. The Morgan fingerprint density at radius 1 is 0.917 bits per heavy atom. The average molecular weight is 681 g/mol. The molecular weight excluding hydrogens is 632 g/mol. The van der Waals surface area contributed by atoms with Crippen LogP contribution in [0.4, 0.5) is 0 Å². The van der Waals surface area contributed by atoms with Crippen LogP contribution in [0.2, 0.25) is 0 Å². The summed E-state index contributed by atoms with van der Waals surface area (Å²) in [4.78, 5) is 44.3. The van der Waals surface area contributed by atoms with Crippen molar-refractivity contribution in [2.24, 2.45) is 11.8 Å². The van der Waals surface area contributed by atoms with Crippen molar-refractivity contribution in [2.45, 2.75) is 89.5 Å². The van der Waals surface area contributed by atoms with Crippen molar-refractivity contribution in [3.05, 3.63) is 72.6 Å². The summed E-state index contributed by atoms with van der Waals surface area (Å²) in [5.41, 5.74) is 0.919. The number of fused-ring (bicyclic) bond motifs is 1. The SMILES string of the molecule is CC(C)C(NC(=O)C[C@@H]1O[C@@H]1[C@H](Cc1ccccc1)NC(=O)[C@@H](NC(=O)COc1cccc2cnccc12)C(C)(C)S(C)(=O)=O)C(C)C. The number of carbonyl (C=O) groups excluding carboxylic acids is 3. The zero-order chi connectivity index (χ0) is 35.2. The van der Waals surface area contributed by atoms with E-state index < -0.39 is 57.3 Å². The summed E-state index contributed by atoms with van der Waals surface area (Å²) in [5, 5.41) is 10.3. The second-order valence-corrected chi connectivity index (χ2v) is 16.3. The predicted molar refractivity (Wildman–Crippen MR) is 185 cm³/mol. The third-order valence-electron chi connectivity index (χ3n) is 9.01. The zero-order valence-electron chi connectivity index (χ0n) is 28.7. The topological polar surface area (TPSA) is 156 Å². The van der Waals surface area contributed by atoms with Crippen molar-refractivity contribution in [2.75, 3.05) is 12.9 Å². The molecule has 11 nitrogen and oxygen atoms in total. The minimum Gasteiger partial charge on any atom is -0.483 e. The third kappa shape index (κ3) is 9.31. The number of benzene rings is 2. The van der Waals surface area contributed by atoms with Gasteiger partial charge in [-0.1, -0.05) is 70.2 Å². The molecule has 2 aromatic carbocycles. The predicted octanol–water partition coefficient (Wildman–Crippen LogP) is 3.60. The maximum absolute atomic E-state index is 14.0. The molecule has 0 bridgehead atoms. The second kappa shape index (κ2) is 15.5. The van der Waals surface area contributed by atoms with Crippen molar-refractivity contribution >= 4 is 38.3 Å². The standard InChI is InChI=1S/C36H48N4O7S/c1-22(2)32(23(3)4)39-30(41)19-29-33(47-29)27(18-24-12-9-8-10-13-24)38-35(43)34(36(5,6)48(7,44)45)40-31(42)21-46-28-15-11-14-25-20-37-17-16-26(25)28/h8-17,20,22-23,27,29,32-34H,18-19,21H2,1-7H3,(H,38,43)(H,39,41)(H,40,42)/t27-,29-,33+,34+/m0/s1. The number of ether oxygens (including phenoxy) is 2. The highest BCUT2D eigenvalue weighted by Gasteiger charge is 2.49. The van der Waals surface area contributed by atoms with E-state index in [1.54, 1.807) is 30.6 Å². The van der Waals surface area contributed by atoms with Gasteiger partial charge in [-0.2, -0.15) is 0 Å². The summed E-state index contributed by atoms with van der Waals surface area (Å²) >= 11 is 0. The molecule has 3 N–H and O–H groups in total. The normalized spacial score (nSPS) is 17.6. The Kier molecular flexibility index (Phi) is 11.9. The van der Waals surface area contributed by atoms with Crippen LogP contribution >= 0.6 is 0 Å². The summed E-state index contributed by atoms with van der Waals surface area (Å²) in [6.07, 6.45) is 3.90. The van der Waals surface area contributed by atoms with Crippen LogP contribution in [-0.2, 0) is 35.4 Å². The molecule has 3 amide bonds. The number of hydrogen-bond donors (Lipinski definition) is 3. The summed E-state index contributed by atoms with van der Waals surface area (Å²) < 4.78 is 36.0. The number of amides is 3. The number of rotatable bonds is 16. The van der Waals surface area contributed by atoms with Crippen molar-refractivity contribution in [3.8, 4) is 5.75 Å². The van der Waals surface area contributed by atoms with Crippen LogP contribution in [0.15, 0.2) is 67.0 Å². The van der Waals surface area contributed by atoms with Crippen molar-refractivity contribution in [1.29, 1.82) is 0 Å². The first kappa shape index (κ1) is 36.8. The van der Waals surface area contributed by atoms with Gasteiger partial charge < -0.3 is 25.4 Å². The van der Waals surface area contributed by atoms with E-state index in [-0.39, 0.29) is 30.2 Å². The van der Waals surface area contributed by atoms with Gasteiger partial charge in [-0.25, -0.2) is 8.42 Å². The number of sulfone groups is 1. The minimum absolute atomic E-state index is 0.0127. The minimum atomic E-state index is -3.85. The van der Waals surface area contributed by atoms with Gasteiger partial charge in [0.15, 0.2) is 16.4 Å². The number of epoxide rings is 1. The van der Waals surface area contributed by atoms with Crippen LogP contribution in [0.5, 0.6) is 5.75 Å². The fraction of sp³-hybridized carbons (Fsp3) is 0.500. The van der Waals surface area contributed by atoms with Crippen molar-refractivity contribution < 1.29 is 32.3 Å². The Bertz CT molecular complexity index is 1680. The van der Waals surface area contributed by atoms with E-state index in [4.69, 9.17) is 9.47 Å². The Morgan fingerprint density at radius 3 is 2.25 bits per heavy atom. The summed E-state index contributed by atoms with van der Waals surface area (Å²) in [6.45, 7) is 10.6.